The van der Waals surface area contributed by atoms with Crippen molar-refractivity contribution in [2.24, 2.45) is 0 Å². The Labute approximate surface area is 222 Å². The molecule has 0 aromatic heterocycles. The number of nitrogens with one attached hydrogen (secondary N) is 1. The molecule has 1 atom stereocenters. The zero-order valence-electron chi connectivity index (χ0n) is 20.6. The fourth-order valence-corrected chi connectivity index (χ4v) is 4.65. The van der Waals surface area contributed by atoms with Crippen LogP contribution in [0.25, 0.3) is 33.4 Å². The molecule has 1 aliphatic carbocycles. The van der Waals surface area contributed by atoms with Crippen LogP contribution in [0.5, 0.6) is 5.75 Å². The van der Waals surface area contributed by atoms with E-state index in [2.05, 4.69) is 9.84 Å². The molecule has 2 aromatic rings. The van der Waals surface area contributed by atoms with Crippen LogP contribution in [0, 0.1) is 0 Å². The molecule has 39 heavy (non-hydrogen) atoms. The van der Waals surface area contributed by atoms with Gasteiger partial charge in [-0.1, -0.05) is 12.8 Å². The van der Waals surface area contributed by atoms with Gasteiger partial charge in [-0.2, -0.15) is 0 Å². The number of phosphoric acid groups is 1. The first-order valence-corrected chi connectivity index (χ1v) is 13.6. The molecule has 0 bridgehead atoms. The molecular formula is C27H25NO10P-. The Morgan fingerprint density at radius 3 is 2.49 bits per heavy atom. The Bertz CT molecular complexity index is 1610. The summed E-state index contributed by atoms with van der Waals surface area (Å²) in [6.45, 7) is 0.214. The molecule has 0 fully saturated rings. The normalized spacial score (nSPS) is 12.9. The monoisotopic (exact) mass is 554 g/mol. The molecule has 11 nitrogen and oxygen atoms in total. The summed E-state index contributed by atoms with van der Waals surface area (Å²) in [4.78, 5) is 56.2. The van der Waals surface area contributed by atoms with Crippen molar-refractivity contribution in [1.29, 1.82) is 0 Å². The minimum Gasteiger partial charge on any atom is -0.756 e. The van der Waals surface area contributed by atoms with E-state index in [-0.39, 0.29) is 45.8 Å². The number of phenols is 1. The Hall–Kier alpha value is -4.02. The zero-order chi connectivity index (χ0) is 28.2. The van der Waals surface area contributed by atoms with Gasteiger partial charge in [-0.3, -0.25) is 14.2 Å². The Kier molecular flexibility index (Phi) is 8.47. The highest BCUT2D eigenvalue weighted by molar-refractivity contribution is 7.44. The van der Waals surface area contributed by atoms with Crippen LogP contribution in [0.15, 0.2) is 63.8 Å². The van der Waals surface area contributed by atoms with Gasteiger partial charge in [0, 0.05) is 40.8 Å². The van der Waals surface area contributed by atoms with E-state index in [1.54, 1.807) is 6.07 Å². The first kappa shape index (κ1) is 28.0. The number of hydrogen-bond donors (Lipinski definition) is 4. The van der Waals surface area contributed by atoms with Gasteiger partial charge in [-0.25, -0.2) is 4.79 Å². The molecule has 2 aromatic carbocycles. The molecule has 1 heterocycles. The maximum Gasteiger partial charge on any atom is 0.336 e. The lowest BCUT2D eigenvalue weighted by molar-refractivity contribution is -0.219. The molecule has 0 radical (unpaired) electrons. The second kappa shape index (κ2) is 11.8. The van der Waals surface area contributed by atoms with Crippen LogP contribution in [-0.2, 0) is 9.09 Å². The first-order valence-electron chi connectivity index (χ1n) is 12.1. The number of carbonyl (C=O) groups excluding carboxylic acids is 1. The summed E-state index contributed by atoms with van der Waals surface area (Å²) in [6, 6.07) is 12.7. The summed E-state index contributed by atoms with van der Waals surface area (Å²) in [5.74, 6) is -1.51. The number of carboxylic acid groups (broad SMARTS) is 1. The van der Waals surface area contributed by atoms with Crippen LogP contribution < -0.4 is 15.6 Å². The van der Waals surface area contributed by atoms with Gasteiger partial charge in [0.2, 0.25) is 0 Å². The van der Waals surface area contributed by atoms with Crippen molar-refractivity contribution in [3.63, 3.8) is 0 Å². The standard InChI is InChI=1S/C27H26NO10P/c29-17-6-9-20-23(14-17)38-24-15-18(30)7-10-21(24)25(20)22-13-16(5-8-19(22)27(32)33)26(31)28-11-3-1-2-4-12-37-39(34,35)36/h5-10,13-15,29H,1-4,11-12H2,(H,28,31)(H,32,33)(H2,34,35,36)/p-1. The summed E-state index contributed by atoms with van der Waals surface area (Å²) < 4.78 is 20.7. The van der Waals surface area contributed by atoms with E-state index in [4.69, 9.17) is 9.31 Å². The summed E-state index contributed by atoms with van der Waals surface area (Å²) in [7, 11) is -4.72. The first-order chi connectivity index (χ1) is 18.5. The highest BCUT2D eigenvalue weighted by Crippen LogP contribution is 2.42. The lowest BCUT2D eigenvalue weighted by atomic mass is 9.89. The van der Waals surface area contributed by atoms with Crippen molar-refractivity contribution >= 4 is 30.7 Å². The number of carboxylic acids is 1. The average Bonchev–Trinajstić information content (AvgIpc) is 2.87. The number of aromatic carboxylic acids is 1. The van der Waals surface area contributed by atoms with E-state index in [0.29, 0.717) is 48.7 Å². The van der Waals surface area contributed by atoms with Crippen molar-refractivity contribution in [2.45, 2.75) is 25.7 Å². The van der Waals surface area contributed by atoms with Crippen LogP contribution in [-0.4, -0.2) is 40.1 Å². The van der Waals surface area contributed by atoms with Crippen LogP contribution in [0.3, 0.4) is 0 Å². The molecule has 1 aliphatic heterocycles. The van der Waals surface area contributed by atoms with Gasteiger partial charge in [-0.05, 0) is 60.9 Å². The minimum absolute atomic E-state index is 0.0626. The van der Waals surface area contributed by atoms with E-state index in [0.717, 1.165) is 0 Å². The van der Waals surface area contributed by atoms with Gasteiger partial charge in [-0.15, -0.1) is 0 Å². The van der Waals surface area contributed by atoms with Crippen molar-refractivity contribution in [1.82, 2.24) is 5.32 Å². The van der Waals surface area contributed by atoms with Crippen LogP contribution in [0.1, 0.15) is 46.4 Å². The van der Waals surface area contributed by atoms with E-state index in [9.17, 15) is 34.1 Å². The molecule has 0 saturated carbocycles. The van der Waals surface area contributed by atoms with Crippen LogP contribution in [0.2, 0.25) is 0 Å². The number of benzene rings is 3. The summed E-state index contributed by atoms with van der Waals surface area (Å²) in [5, 5.41) is 23.2. The maximum absolute atomic E-state index is 12.9. The second-order valence-electron chi connectivity index (χ2n) is 8.85. The number of phenolic OH excluding ortho intramolecular Hbond substituents is 1. The average molecular weight is 554 g/mol. The van der Waals surface area contributed by atoms with E-state index >= 15 is 0 Å². The number of carbonyl (C=O) groups is 2. The quantitative estimate of drug-likeness (QED) is 0.121. The molecule has 4 rings (SSSR count). The number of fused-ring (bicyclic) bond motifs is 2. The predicted octanol–water partition coefficient (Wildman–Crippen LogP) is 3.74. The molecule has 12 heteroatoms. The highest BCUT2D eigenvalue weighted by atomic mass is 31.2. The summed E-state index contributed by atoms with van der Waals surface area (Å²) in [5.41, 5.74) is 1.22. The van der Waals surface area contributed by atoms with Gasteiger partial charge in [0.15, 0.2) is 5.43 Å². The van der Waals surface area contributed by atoms with E-state index in [1.165, 1.54) is 48.5 Å². The number of unbranched alkanes of at least 4 members (excludes halogenated alkanes) is 3. The van der Waals surface area contributed by atoms with Gasteiger partial charge < -0.3 is 34.3 Å². The minimum atomic E-state index is -4.72. The van der Waals surface area contributed by atoms with Crippen molar-refractivity contribution in [3.05, 3.63) is 75.9 Å². The van der Waals surface area contributed by atoms with Gasteiger partial charge >= 0.3 is 5.97 Å². The largest absolute Gasteiger partial charge is 0.756 e. The van der Waals surface area contributed by atoms with E-state index in [1.807, 2.05) is 0 Å². The zero-order valence-corrected chi connectivity index (χ0v) is 21.5. The molecule has 1 unspecified atom stereocenters. The molecule has 4 N–H and O–H groups in total. The number of hydrogen-bond acceptors (Lipinski definition) is 8. The van der Waals surface area contributed by atoms with E-state index < -0.39 is 19.7 Å². The third-order valence-electron chi connectivity index (χ3n) is 6.07. The number of rotatable bonds is 11. The maximum atomic E-state index is 12.9. The SMILES string of the molecule is O=C(NCCCCCCOP(=O)([O-])O)c1ccc(C(=O)O)c(-c2c3ccc(=O)cc-3oc3cc(O)ccc23)c1. The van der Waals surface area contributed by atoms with Crippen LogP contribution >= 0.6 is 7.82 Å². The summed E-state index contributed by atoms with van der Waals surface area (Å²) in [6.07, 6.45) is 2.35. The van der Waals surface area contributed by atoms with Crippen molar-refractivity contribution < 1.29 is 43.1 Å². The third kappa shape index (κ3) is 6.90. The lowest BCUT2D eigenvalue weighted by Crippen LogP contribution is -2.24. The summed E-state index contributed by atoms with van der Waals surface area (Å²) >= 11 is 0. The third-order valence-corrected chi connectivity index (χ3v) is 6.58. The van der Waals surface area contributed by atoms with Gasteiger partial charge in [0.05, 0.1) is 12.2 Å². The lowest BCUT2D eigenvalue weighted by Gasteiger charge is -2.17. The number of phosphoric ester groups is 1. The van der Waals surface area contributed by atoms with Gasteiger partial charge in [0.25, 0.3) is 13.7 Å². The van der Waals surface area contributed by atoms with Crippen LogP contribution in [0.4, 0.5) is 0 Å². The number of aromatic hydroxyl groups is 1. The Morgan fingerprint density at radius 2 is 1.74 bits per heavy atom. The van der Waals surface area contributed by atoms with Crippen molar-refractivity contribution in [3.8, 4) is 28.2 Å². The topological polar surface area (TPSA) is 186 Å². The highest BCUT2D eigenvalue weighted by Gasteiger charge is 2.23. The number of amides is 1. The van der Waals surface area contributed by atoms with Gasteiger partial charge in [0.1, 0.15) is 17.1 Å². The Morgan fingerprint density at radius 1 is 0.974 bits per heavy atom. The molecular weight excluding hydrogens is 529 g/mol. The Balaban J connectivity index is 1.60. The fourth-order valence-electron chi connectivity index (χ4n) is 4.29. The smallest absolute Gasteiger partial charge is 0.336 e. The molecule has 1 amide bonds. The van der Waals surface area contributed by atoms with Crippen molar-refractivity contribution in [2.75, 3.05) is 13.2 Å². The molecule has 0 spiro atoms. The fraction of sp³-hybridized carbons (Fsp3) is 0.222. The molecule has 2 aliphatic rings. The molecule has 0 saturated heterocycles. The molecule has 204 valence electrons. The second-order valence-corrected chi connectivity index (χ2v) is 10.0. The predicted molar refractivity (Wildman–Crippen MR) is 140 cm³/mol.